The largest absolute Gasteiger partial charge is 0.493 e. The van der Waals surface area contributed by atoms with Crippen LogP contribution in [0, 0.1) is 0 Å². The van der Waals surface area contributed by atoms with Crippen LogP contribution in [-0.2, 0) is 0 Å². The zero-order valence-electron chi connectivity index (χ0n) is 15.8. The van der Waals surface area contributed by atoms with E-state index in [2.05, 4.69) is 22.5 Å². The SMILES string of the molecule is CCOc1cc(NC(=O)NCC(C)N(C)c2ccccc2)ccc1OC. The fourth-order valence-electron chi connectivity index (χ4n) is 2.49. The van der Waals surface area contributed by atoms with Gasteiger partial charge in [-0.2, -0.15) is 0 Å². The molecule has 0 heterocycles. The Kier molecular flexibility index (Phi) is 7.14. The minimum absolute atomic E-state index is 0.151. The summed E-state index contributed by atoms with van der Waals surface area (Å²) in [6.07, 6.45) is 0. The van der Waals surface area contributed by atoms with E-state index in [0.29, 0.717) is 30.3 Å². The summed E-state index contributed by atoms with van der Waals surface area (Å²) in [5.74, 6) is 1.24. The summed E-state index contributed by atoms with van der Waals surface area (Å²) in [5, 5.41) is 5.72. The molecule has 0 saturated carbocycles. The molecule has 6 nitrogen and oxygen atoms in total. The first kappa shape index (κ1) is 19.4. The van der Waals surface area contributed by atoms with Crippen LogP contribution in [0.5, 0.6) is 11.5 Å². The maximum Gasteiger partial charge on any atom is 0.319 e. The number of nitrogens with one attached hydrogen (secondary N) is 2. The lowest BCUT2D eigenvalue weighted by Crippen LogP contribution is -2.41. The molecule has 0 aromatic heterocycles. The van der Waals surface area contributed by atoms with Gasteiger partial charge in [-0.3, -0.25) is 0 Å². The number of urea groups is 1. The van der Waals surface area contributed by atoms with Crippen molar-refractivity contribution in [3.05, 3.63) is 48.5 Å². The van der Waals surface area contributed by atoms with Gasteiger partial charge in [0.15, 0.2) is 11.5 Å². The van der Waals surface area contributed by atoms with Crippen LogP contribution in [0.4, 0.5) is 16.2 Å². The molecular formula is C20H27N3O3. The van der Waals surface area contributed by atoms with E-state index in [-0.39, 0.29) is 12.1 Å². The predicted octanol–water partition coefficient (Wildman–Crippen LogP) is 3.74. The number of carbonyl (C=O) groups is 1. The molecule has 2 aromatic rings. The third kappa shape index (κ3) is 5.31. The number of benzene rings is 2. The van der Waals surface area contributed by atoms with Crippen LogP contribution in [-0.4, -0.2) is 39.4 Å². The molecule has 26 heavy (non-hydrogen) atoms. The number of rotatable bonds is 8. The zero-order chi connectivity index (χ0) is 18.9. The molecule has 1 atom stereocenters. The maximum absolute atomic E-state index is 12.2. The summed E-state index contributed by atoms with van der Waals surface area (Å²) >= 11 is 0. The molecule has 140 valence electrons. The highest BCUT2D eigenvalue weighted by Crippen LogP contribution is 2.30. The molecule has 0 bridgehead atoms. The normalized spacial score (nSPS) is 11.4. The highest BCUT2D eigenvalue weighted by molar-refractivity contribution is 5.89. The van der Waals surface area contributed by atoms with Crippen molar-refractivity contribution in [2.45, 2.75) is 19.9 Å². The molecular weight excluding hydrogens is 330 g/mol. The van der Waals surface area contributed by atoms with Gasteiger partial charge in [-0.25, -0.2) is 4.79 Å². The van der Waals surface area contributed by atoms with Crippen molar-refractivity contribution in [3.8, 4) is 11.5 Å². The number of ether oxygens (including phenoxy) is 2. The molecule has 0 radical (unpaired) electrons. The van der Waals surface area contributed by atoms with E-state index in [1.165, 1.54) is 0 Å². The molecule has 2 rings (SSSR count). The van der Waals surface area contributed by atoms with Gasteiger partial charge in [0.25, 0.3) is 0 Å². The van der Waals surface area contributed by atoms with E-state index < -0.39 is 0 Å². The summed E-state index contributed by atoms with van der Waals surface area (Å²) < 4.78 is 10.8. The minimum Gasteiger partial charge on any atom is -0.493 e. The average molecular weight is 357 g/mol. The Hall–Kier alpha value is -2.89. The molecule has 2 amide bonds. The zero-order valence-corrected chi connectivity index (χ0v) is 15.8. The molecule has 0 saturated heterocycles. The van der Waals surface area contributed by atoms with Crippen LogP contribution in [0.25, 0.3) is 0 Å². The molecule has 2 N–H and O–H groups in total. The van der Waals surface area contributed by atoms with E-state index in [4.69, 9.17) is 9.47 Å². The summed E-state index contributed by atoms with van der Waals surface area (Å²) in [6.45, 7) is 5.01. The van der Waals surface area contributed by atoms with Gasteiger partial charge in [0.1, 0.15) is 0 Å². The summed E-state index contributed by atoms with van der Waals surface area (Å²) in [5.41, 5.74) is 1.76. The number of hydrogen-bond donors (Lipinski definition) is 2. The number of nitrogens with zero attached hydrogens (tertiary/aromatic N) is 1. The van der Waals surface area contributed by atoms with Gasteiger partial charge in [0.2, 0.25) is 0 Å². The molecule has 0 aliphatic heterocycles. The Balaban J connectivity index is 1.89. The Bertz CT molecular complexity index is 707. The fraction of sp³-hybridized carbons (Fsp3) is 0.350. The maximum atomic E-state index is 12.2. The number of anilines is 2. The number of para-hydroxylation sites is 1. The molecule has 1 unspecified atom stereocenters. The lowest BCUT2D eigenvalue weighted by molar-refractivity contribution is 0.251. The first-order valence-electron chi connectivity index (χ1n) is 8.68. The molecule has 0 fully saturated rings. The van der Waals surface area contributed by atoms with Crippen LogP contribution in [0.2, 0.25) is 0 Å². The lowest BCUT2D eigenvalue weighted by Gasteiger charge is -2.27. The second kappa shape index (κ2) is 9.56. The Morgan fingerprint density at radius 2 is 1.88 bits per heavy atom. The number of methoxy groups -OCH3 is 1. The third-order valence-corrected chi connectivity index (χ3v) is 4.10. The quantitative estimate of drug-likeness (QED) is 0.755. The van der Waals surface area contributed by atoms with Gasteiger partial charge < -0.3 is 25.0 Å². The minimum atomic E-state index is -0.258. The van der Waals surface area contributed by atoms with Crippen molar-refractivity contribution < 1.29 is 14.3 Å². The number of hydrogen-bond acceptors (Lipinski definition) is 4. The first-order valence-corrected chi connectivity index (χ1v) is 8.68. The lowest BCUT2D eigenvalue weighted by atomic mass is 10.2. The topological polar surface area (TPSA) is 62.8 Å². The van der Waals surface area contributed by atoms with Crippen LogP contribution in [0.15, 0.2) is 48.5 Å². The third-order valence-electron chi connectivity index (χ3n) is 4.10. The fourth-order valence-corrected chi connectivity index (χ4v) is 2.49. The van der Waals surface area contributed by atoms with E-state index in [1.807, 2.05) is 44.3 Å². The van der Waals surface area contributed by atoms with Gasteiger partial charge in [-0.1, -0.05) is 18.2 Å². The summed E-state index contributed by atoms with van der Waals surface area (Å²) in [6, 6.07) is 15.3. The molecule has 0 aliphatic carbocycles. The van der Waals surface area contributed by atoms with Crippen molar-refractivity contribution in [2.75, 3.05) is 37.5 Å². The van der Waals surface area contributed by atoms with Crippen molar-refractivity contribution in [1.29, 1.82) is 0 Å². The molecule has 2 aromatic carbocycles. The molecule has 0 aliphatic rings. The first-order chi connectivity index (χ1) is 12.5. The van der Waals surface area contributed by atoms with Gasteiger partial charge in [0, 0.05) is 37.1 Å². The van der Waals surface area contributed by atoms with Crippen LogP contribution in [0.3, 0.4) is 0 Å². The van der Waals surface area contributed by atoms with Crippen molar-refractivity contribution in [1.82, 2.24) is 5.32 Å². The van der Waals surface area contributed by atoms with Crippen LogP contribution >= 0.6 is 0 Å². The van der Waals surface area contributed by atoms with Gasteiger partial charge in [0.05, 0.1) is 13.7 Å². The Morgan fingerprint density at radius 1 is 1.15 bits per heavy atom. The number of carbonyl (C=O) groups excluding carboxylic acids is 1. The molecule has 0 spiro atoms. The van der Waals surface area contributed by atoms with E-state index in [9.17, 15) is 4.79 Å². The van der Waals surface area contributed by atoms with E-state index >= 15 is 0 Å². The van der Waals surface area contributed by atoms with Gasteiger partial charge >= 0.3 is 6.03 Å². The summed E-state index contributed by atoms with van der Waals surface area (Å²) in [4.78, 5) is 14.3. The highest BCUT2D eigenvalue weighted by atomic mass is 16.5. The Morgan fingerprint density at radius 3 is 2.54 bits per heavy atom. The standard InChI is InChI=1S/C20H27N3O3/c1-5-26-19-13-16(11-12-18(19)25-4)22-20(24)21-14-15(2)23(3)17-9-7-6-8-10-17/h6-13,15H,5,14H2,1-4H3,(H2,21,22,24). The smallest absolute Gasteiger partial charge is 0.319 e. The van der Waals surface area contributed by atoms with E-state index in [0.717, 1.165) is 5.69 Å². The second-order valence-corrected chi connectivity index (χ2v) is 5.93. The summed E-state index contributed by atoms with van der Waals surface area (Å²) in [7, 11) is 3.60. The highest BCUT2D eigenvalue weighted by Gasteiger charge is 2.12. The van der Waals surface area contributed by atoms with Gasteiger partial charge in [-0.05, 0) is 38.1 Å². The van der Waals surface area contributed by atoms with Crippen LogP contribution in [0.1, 0.15) is 13.8 Å². The second-order valence-electron chi connectivity index (χ2n) is 5.93. The predicted molar refractivity (Wildman–Crippen MR) is 105 cm³/mol. The van der Waals surface area contributed by atoms with Crippen LogP contribution < -0.4 is 25.0 Å². The van der Waals surface area contributed by atoms with Crippen molar-refractivity contribution >= 4 is 17.4 Å². The van der Waals surface area contributed by atoms with Crippen molar-refractivity contribution in [3.63, 3.8) is 0 Å². The Labute approximate surface area is 155 Å². The van der Waals surface area contributed by atoms with E-state index in [1.54, 1.807) is 25.3 Å². The average Bonchev–Trinajstić information content (AvgIpc) is 2.66. The van der Waals surface area contributed by atoms with Crippen molar-refractivity contribution in [2.24, 2.45) is 0 Å². The monoisotopic (exact) mass is 357 g/mol. The number of likely N-dealkylation sites (N-methyl/N-ethyl adjacent to an activating group) is 1. The van der Waals surface area contributed by atoms with Gasteiger partial charge in [-0.15, -0.1) is 0 Å². The number of amides is 2. The molecule has 6 heteroatoms.